The van der Waals surface area contributed by atoms with Crippen molar-refractivity contribution in [2.24, 2.45) is 5.92 Å². The normalized spacial score (nSPS) is 28.2. The largest absolute Gasteiger partial charge is 0.481 e. The summed E-state index contributed by atoms with van der Waals surface area (Å²) >= 11 is 12.8. The highest BCUT2D eigenvalue weighted by atomic mass is 35.5. The van der Waals surface area contributed by atoms with Crippen molar-refractivity contribution >= 4 is 51.8 Å². The monoisotopic (exact) mass is 630 g/mol. The van der Waals surface area contributed by atoms with Gasteiger partial charge >= 0.3 is 5.97 Å². The van der Waals surface area contributed by atoms with Crippen LogP contribution in [0.4, 0.5) is 10.1 Å². The molecule has 2 aliphatic carbocycles. The molecule has 2 saturated carbocycles. The molecule has 5 aliphatic rings. The zero-order valence-corrected chi connectivity index (χ0v) is 25.2. The molecule has 1 aromatic heterocycles. The van der Waals surface area contributed by atoms with Crippen LogP contribution in [0.25, 0.3) is 11.0 Å². The predicted molar refractivity (Wildman–Crippen MR) is 165 cm³/mol. The van der Waals surface area contributed by atoms with Crippen molar-refractivity contribution in [1.82, 2.24) is 14.5 Å². The van der Waals surface area contributed by atoms with E-state index in [0.717, 1.165) is 53.8 Å². The summed E-state index contributed by atoms with van der Waals surface area (Å²) < 4.78 is 18.5. The first-order chi connectivity index (χ1) is 21.2. The molecular formula is C34H29Cl2FN4O3. The number of anilines is 1. The van der Waals surface area contributed by atoms with Gasteiger partial charge in [-0.1, -0.05) is 47.5 Å². The molecule has 4 atom stereocenters. The molecule has 9 rings (SSSR count). The number of likely N-dealkylation sites (tertiary alicyclic amines) is 1. The van der Waals surface area contributed by atoms with Gasteiger partial charge in [-0.05, 0) is 79.5 Å². The number of hydrogen-bond donors (Lipinski definition) is 2. The van der Waals surface area contributed by atoms with Gasteiger partial charge in [0, 0.05) is 47.2 Å². The molecule has 3 fully saturated rings. The fraction of sp³-hybridized carbons (Fsp3) is 0.382. The molecule has 0 bridgehead atoms. The molecule has 10 heteroatoms. The molecule has 0 unspecified atom stereocenters. The summed E-state index contributed by atoms with van der Waals surface area (Å²) in [6.07, 6.45) is 4.18. The number of hydrogen-bond acceptors (Lipinski definition) is 4. The highest BCUT2D eigenvalue weighted by Crippen LogP contribution is 2.64. The number of nitrogens with zero attached hydrogens (tertiary/aromatic N) is 3. The highest BCUT2D eigenvalue weighted by Gasteiger charge is 2.69. The van der Waals surface area contributed by atoms with Gasteiger partial charge in [0.25, 0.3) is 0 Å². The highest BCUT2D eigenvalue weighted by molar-refractivity contribution is 6.31. The first kappa shape index (κ1) is 26.9. The summed E-state index contributed by atoms with van der Waals surface area (Å²) in [5, 5.41) is 13.6. The van der Waals surface area contributed by atoms with E-state index in [9.17, 15) is 14.7 Å². The molecular weight excluding hydrogens is 602 g/mol. The topological polar surface area (TPSA) is 87.5 Å². The summed E-state index contributed by atoms with van der Waals surface area (Å²) in [5.41, 5.74) is 2.22. The third kappa shape index (κ3) is 3.45. The number of aryl methyl sites for hydroxylation is 1. The molecule has 0 radical (unpaired) electrons. The number of carboxylic acids is 1. The number of nitrogens with one attached hydrogen (secondary N) is 1. The number of imidazole rings is 1. The molecule has 44 heavy (non-hydrogen) atoms. The standard InChI is InChI=1S/C34H29Cl2FN4O3/c35-19-7-8-21-23(15-19)39-31(42)34(21)28(20-2-1-3-22(36)29(20)37)27-26(41(34)16-17-4-5-17)10-13-40-25-9-6-18(14-24(25)38-30(27)40)33(11-12-33)32(43)44/h1-3,6-9,14-15,17,26-28H,4-5,10-13,16H2,(H,39,42)(H,43,44)/t26-,27+,28-,34+/m0/s1. The molecule has 4 heterocycles. The number of rotatable bonds is 5. The lowest BCUT2D eigenvalue weighted by Crippen LogP contribution is -2.53. The first-order valence-electron chi connectivity index (χ1n) is 15.3. The van der Waals surface area contributed by atoms with E-state index in [2.05, 4.69) is 14.8 Å². The smallest absolute Gasteiger partial charge is 0.314 e. The number of halogens is 3. The van der Waals surface area contributed by atoms with Gasteiger partial charge in [-0.25, -0.2) is 9.37 Å². The Morgan fingerprint density at radius 3 is 2.66 bits per heavy atom. The fourth-order valence-corrected chi connectivity index (χ4v) is 9.00. The number of aromatic nitrogens is 2. The summed E-state index contributed by atoms with van der Waals surface area (Å²) in [7, 11) is 0. The van der Waals surface area contributed by atoms with Gasteiger partial charge in [0.2, 0.25) is 5.91 Å². The van der Waals surface area contributed by atoms with Gasteiger partial charge in [-0.15, -0.1) is 0 Å². The second-order valence-corrected chi connectivity index (χ2v) is 14.1. The van der Waals surface area contributed by atoms with E-state index in [4.69, 9.17) is 28.2 Å². The lowest BCUT2D eigenvalue weighted by atomic mass is 9.70. The third-order valence-corrected chi connectivity index (χ3v) is 11.5. The Labute approximate surface area is 263 Å². The zero-order chi connectivity index (χ0) is 30.1. The van der Waals surface area contributed by atoms with Gasteiger partial charge in [-0.3, -0.25) is 14.5 Å². The number of carbonyl (C=O) groups excluding carboxylic acids is 1. The Morgan fingerprint density at radius 2 is 1.91 bits per heavy atom. The van der Waals surface area contributed by atoms with Crippen molar-refractivity contribution in [2.45, 2.75) is 67.5 Å². The molecule has 224 valence electrons. The third-order valence-electron chi connectivity index (χ3n) is 11.0. The van der Waals surface area contributed by atoms with E-state index in [0.29, 0.717) is 41.6 Å². The summed E-state index contributed by atoms with van der Waals surface area (Å²) in [5.74, 6) is -1.20. The van der Waals surface area contributed by atoms with Crippen molar-refractivity contribution < 1.29 is 19.1 Å². The van der Waals surface area contributed by atoms with Crippen molar-refractivity contribution in [3.05, 3.63) is 93.0 Å². The molecule has 7 nitrogen and oxygen atoms in total. The second kappa shape index (κ2) is 9.05. The van der Waals surface area contributed by atoms with Crippen LogP contribution >= 0.6 is 23.2 Å². The maximum absolute atomic E-state index is 16.3. The number of fused-ring (bicyclic) bond motifs is 7. The van der Waals surface area contributed by atoms with Crippen LogP contribution in [0.1, 0.15) is 66.5 Å². The fourth-order valence-electron chi connectivity index (χ4n) is 8.64. The number of benzene rings is 3. The molecule has 1 saturated heterocycles. The molecule has 4 aromatic rings. The first-order valence-corrected chi connectivity index (χ1v) is 16.1. The Hall–Kier alpha value is -3.46. The average Bonchev–Trinajstić information content (AvgIpc) is 3.91. The van der Waals surface area contributed by atoms with Gasteiger partial charge in [0.05, 0.1) is 21.5 Å². The lowest BCUT2D eigenvalue weighted by molar-refractivity contribution is -0.140. The second-order valence-electron chi connectivity index (χ2n) is 13.2. The quantitative estimate of drug-likeness (QED) is 0.253. The van der Waals surface area contributed by atoms with E-state index >= 15 is 4.39 Å². The number of carboxylic acid groups (broad SMARTS) is 1. The van der Waals surface area contributed by atoms with E-state index in [-0.39, 0.29) is 22.9 Å². The van der Waals surface area contributed by atoms with Gasteiger partial charge in [-0.2, -0.15) is 0 Å². The van der Waals surface area contributed by atoms with Crippen LogP contribution in [0.15, 0.2) is 54.6 Å². The molecule has 2 N–H and O–H groups in total. The van der Waals surface area contributed by atoms with Gasteiger partial charge < -0.3 is 15.0 Å². The van der Waals surface area contributed by atoms with E-state index in [1.54, 1.807) is 24.3 Å². The molecule has 1 spiro atoms. The number of amides is 1. The lowest BCUT2D eigenvalue weighted by Gasteiger charge is -2.40. The van der Waals surface area contributed by atoms with E-state index in [1.165, 1.54) is 6.07 Å². The summed E-state index contributed by atoms with van der Waals surface area (Å²) in [6.45, 7) is 1.41. The molecule has 3 aliphatic heterocycles. The van der Waals surface area contributed by atoms with E-state index in [1.807, 2.05) is 24.3 Å². The van der Waals surface area contributed by atoms with Gasteiger partial charge in [0.1, 0.15) is 17.2 Å². The van der Waals surface area contributed by atoms with Crippen molar-refractivity contribution in [3.63, 3.8) is 0 Å². The Balaban J connectivity index is 1.30. The van der Waals surface area contributed by atoms with Gasteiger partial charge in [0.15, 0.2) is 0 Å². The number of carbonyl (C=O) groups is 2. The van der Waals surface area contributed by atoms with Crippen LogP contribution in [0.2, 0.25) is 10.0 Å². The Morgan fingerprint density at radius 1 is 1.09 bits per heavy atom. The summed E-state index contributed by atoms with van der Waals surface area (Å²) in [6, 6.07) is 16.3. The van der Waals surface area contributed by atoms with Crippen LogP contribution in [0, 0.1) is 11.7 Å². The number of aliphatic carboxylic acids is 1. The van der Waals surface area contributed by atoms with Crippen molar-refractivity contribution in [2.75, 3.05) is 11.9 Å². The van der Waals surface area contributed by atoms with Crippen molar-refractivity contribution in [1.29, 1.82) is 0 Å². The maximum atomic E-state index is 16.3. The Kier molecular flexibility index (Phi) is 5.54. The van der Waals surface area contributed by atoms with E-state index < -0.39 is 28.7 Å². The van der Waals surface area contributed by atoms with Crippen LogP contribution in [-0.4, -0.2) is 44.0 Å². The minimum absolute atomic E-state index is 0.0157. The minimum atomic E-state index is -1.19. The zero-order valence-electron chi connectivity index (χ0n) is 23.7. The molecule has 3 aromatic carbocycles. The average molecular weight is 632 g/mol. The van der Waals surface area contributed by atoms with Crippen LogP contribution in [-0.2, 0) is 27.1 Å². The van der Waals surface area contributed by atoms with Crippen molar-refractivity contribution in [3.8, 4) is 0 Å². The van der Waals surface area contributed by atoms with Crippen LogP contribution < -0.4 is 5.32 Å². The molecule has 1 amide bonds. The maximum Gasteiger partial charge on any atom is 0.314 e. The summed E-state index contributed by atoms with van der Waals surface area (Å²) in [4.78, 5) is 34.3. The Bertz CT molecular complexity index is 1940. The minimum Gasteiger partial charge on any atom is -0.481 e. The SMILES string of the molecule is O=C(O)C1(c2ccc3c(c2)nc2n3CC[C@H]3[C@@H]2[C@H](c2cccc(Cl)c2F)[C@]2(C(=O)Nc4cc(Cl)ccc42)N3CC2CC2)CC1. The predicted octanol–water partition coefficient (Wildman–Crippen LogP) is 6.81. The van der Waals surface area contributed by atoms with Crippen LogP contribution in [0.5, 0.6) is 0 Å². The van der Waals surface area contributed by atoms with Crippen LogP contribution in [0.3, 0.4) is 0 Å².